The van der Waals surface area contributed by atoms with Crippen molar-refractivity contribution in [2.24, 2.45) is 0 Å². The molecule has 110 valence electrons. The number of carbonyl (C=O) groups excluding carboxylic acids is 1. The number of carbonyl (C=O) groups is 1. The van der Waals surface area contributed by atoms with Gasteiger partial charge in [-0.25, -0.2) is 0 Å². The molecule has 1 aromatic heterocycles. The monoisotopic (exact) mass is 293 g/mol. The molecule has 0 aliphatic carbocycles. The Hall–Kier alpha value is -2.59. The lowest BCUT2D eigenvalue weighted by molar-refractivity contribution is 0.0711. The molecule has 0 unspecified atom stereocenters. The maximum Gasteiger partial charge on any atom is 0.152 e. The summed E-state index contributed by atoms with van der Waals surface area (Å²) >= 11 is 0. The van der Waals surface area contributed by atoms with Gasteiger partial charge in [-0.1, -0.05) is 24.3 Å². The molecule has 0 amide bonds. The van der Waals surface area contributed by atoms with Crippen LogP contribution in [-0.4, -0.2) is 18.0 Å². The average molecular weight is 293 g/mol. The SMILES string of the molecule is COc1ccc2c(c1)c(C=O)c1n2COCc2ccccc2-1. The minimum atomic E-state index is 0.431. The number of ether oxygens (including phenoxy) is 2. The number of hydrogen-bond donors (Lipinski definition) is 0. The number of fused-ring (bicyclic) bond motifs is 5. The molecule has 3 aromatic rings. The van der Waals surface area contributed by atoms with Gasteiger partial charge >= 0.3 is 0 Å². The van der Waals surface area contributed by atoms with Crippen molar-refractivity contribution in [3.63, 3.8) is 0 Å². The van der Waals surface area contributed by atoms with Crippen LogP contribution in [0, 0.1) is 0 Å². The number of methoxy groups -OCH3 is 1. The molecule has 0 spiro atoms. The highest BCUT2D eigenvalue weighted by Crippen LogP contribution is 2.37. The first-order valence-corrected chi connectivity index (χ1v) is 7.15. The number of hydrogen-bond acceptors (Lipinski definition) is 3. The highest BCUT2D eigenvalue weighted by atomic mass is 16.5. The molecule has 22 heavy (non-hydrogen) atoms. The molecule has 0 radical (unpaired) electrons. The highest BCUT2D eigenvalue weighted by Gasteiger charge is 2.22. The van der Waals surface area contributed by atoms with E-state index in [4.69, 9.17) is 9.47 Å². The number of aldehydes is 1. The van der Waals surface area contributed by atoms with E-state index < -0.39 is 0 Å². The van der Waals surface area contributed by atoms with Crippen molar-refractivity contribution < 1.29 is 14.3 Å². The summed E-state index contributed by atoms with van der Waals surface area (Å²) in [5.74, 6) is 0.741. The molecular formula is C18H15NO3. The molecule has 4 rings (SSSR count). The van der Waals surface area contributed by atoms with Gasteiger partial charge < -0.3 is 14.0 Å². The molecule has 0 N–H and O–H groups in total. The van der Waals surface area contributed by atoms with Crippen LogP contribution < -0.4 is 4.74 Å². The lowest BCUT2D eigenvalue weighted by Crippen LogP contribution is -2.00. The first-order chi connectivity index (χ1) is 10.8. The molecule has 0 saturated heterocycles. The fourth-order valence-corrected chi connectivity index (χ4v) is 3.15. The summed E-state index contributed by atoms with van der Waals surface area (Å²) in [5, 5.41) is 0.893. The predicted octanol–water partition coefficient (Wildman–Crippen LogP) is 3.62. The largest absolute Gasteiger partial charge is 0.497 e. The normalized spacial score (nSPS) is 13.3. The van der Waals surface area contributed by atoms with Crippen molar-refractivity contribution in [3.8, 4) is 17.0 Å². The molecule has 2 aromatic carbocycles. The van der Waals surface area contributed by atoms with Crippen LogP contribution in [0.25, 0.3) is 22.2 Å². The Labute approximate surface area is 127 Å². The van der Waals surface area contributed by atoms with Crippen molar-refractivity contribution >= 4 is 17.2 Å². The molecule has 0 bridgehead atoms. The van der Waals surface area contributed by atoms with Crippen molar-refractivity contribution in [3.05, 3.63) is 53.6 Å². The maximum atomic E-state index is 11.8. The Morgan fingerprint density at radius 1 is 1.23 bits per heavy atom. The number of aromatic nitrogens is 1. The van der Waals surface area contributed by atoms with E-state index in [0.717, 1.165) is 39.8 Å². The van der Waals surface area contributed by atoms with Gasteiger partial charge in [0.2, 0.25) is 0 Å². The van der Waals surface area contributed by atoms with Gasteiger partial charge in [-0.15, -0.1) is 0 Å². The van der Waals surface area contributed by atoms with Gasteiger partial charge in [0.1, 0.15) is 12.5 Å². The zero-order valence-corrected chi connectivity index (χ0v) is 12.2. The minimum absolute atomic E-state index is 0.431. The van der Waals surface area contributed by atoms with Gasteiger partial charge in [-0.3, -0.25) is 4.79 Å². The molecule has 4 nitrogen and oxygen atoms in total. The molecular weight excluding hydrogens is 278 g/mol. The Bertz CT molecular complexity index is 879. The number of nitrogens with zero attached hydrogens (tertiary/aromatic N) is 1. The van der Waals surface area contributed by atoms with E-state index in [9.17, 15) is 4.79 Å². The van der Waals surface area contributed by atoms with Gasteiger partial charge in [0, 0.05) is 16.5 Å². The first kappa shape index (κ1) is 13.1. The van der Waals surface area contributed by atoms with Crippen molar-refractivity contribution in [1.82, 2.24) is 4.57 Å². The summed E-state index contributed by atoms with van der Waals surface area (Å²) in [6.45, 7) is 0.981. The van der Waals surface area contributed by atoms with Gasteiger partial charge in [0.05, 0.1) is 24.9 Å². The van der Waals surface area contributed by atoms with E-state index in [1.165, 1.54) is 0 Å². The molecule has 2 heterocycles. The second-order valence-electron chi connectivity index (χ2n) is 5.33. The first-order valence-electron chi connectivity index (χ1n) is 7.15. The Balaban J connectivity index is 2.12. The van der Waals surface area contributed by atoms with Crippen LogP contribution in [0.4, 0.5) is 0 Å². The van der Waals surface area contributed by atoms with E-state index >= 15 is 0 Å². The average Bonchev–Trinajstić information content (AvgIpc) is 2.75. The zero-order chi connectivity index (χ0) is 15.1. The van der Waals surface area contributed by atoms with E-state index in [1.54, 1.807) is 7.11 Å². The summed E-state index contributed by atoms with van der Waals surface area (Å²) in [6.07, 6.45) is 0.926. The van der Waals surface area contributed by atoms with Gasteiger partial charge in [0.25, 0.3) is 0 Å². The van der Waals surface area contributed by atoms with Gasteiger partial charge in [0.15, 0.2) is 6.29 Å². The van der Waals surface area contributed by atoms with Crippen molar-refractivity contribution in [2.75, 3.05) is 7.11 Å². The summed E-state index contributed by atoms with van der Waals surface area (Å²) in [6, 6.07) is 13.8. The zero-order valence-electron chi connectivity index (χ0n) is 12.2. The third kappa shape index (κ3) is 1.77. The maximum absolute atomic E-state index is 11.8. The van der Waals surface area contributed by atoms with Crippen LogP contribution in [0.5, 0.6) is 5.75 Å². The molecule has 1 aliphatic heterocycles. The molecule has 1 aliphatic rings. The highest BCUT2D eigenvalue weighted by molar-refractivity contribution is 6.05. The topological polar surface area (TPSA) is 40.5 Å². The summed E-state index contributed by atoms with van der Waals surface area (Å²) in [4.78, 5) is 11.8. The second kappa shape index (κ2) is 5.00. The van der Waals surface area contributed by atoms with Crippen molar-refractivity contribution in [1.29, 1.82) is 0 Å². The summed E-state index contributed by atoms with van der Waals surface area (Å²) in [5.41, 5.74) is 4.74. The van der Waals surface area contributed by atoms with E-state index in [-0.39, 0.29) is 0 Å². The fourth-order valence-electron chi connectivity index (χ4n) is 3.15. The van der Waals surface area contributed by atoms with Crippen molar-refractivity contribution in [2.45, 2.75) is 13.3 Å². The molecule has 4 heteroatoms. The van der Waals surface area contributed by atoms with E-state index in [2.05, 4.69) is 4.57 Å². The number of rotatable bonds is 2. The van der Waals surface area contributed by atoms with Crippen LogP contribution >= 0.6 is 0 Å². The molecule has 0 fully saturated rings. The molecule has 0 atom stereocenters. The quantitative estimate of drug-likeness (QED) is 0.678. The lowest BCUT2D eigenvalue weighted by atomic mass is 10.0. The summed E-state index contributed by atoms with van der Waals surface area (Å²) in [7, 11) is 1.63. The molecule has 0 saturated carbocycles. The lowest BCUT2D eigenvalue weighted by Gasteiger charge is -2.07. The van der Waals surface area contributed by atoms with E-state index in [1.807, 2.05) is 42.5 Å². The predicted molar refractivity (Wildman–Crippen MR) is 84.1 cm³/mol. The standard InChI is InChI=1S/C18H15NO3/c1-21-13-6-7-17-15(8-13)16(9-20)18-14-5-3-2-4-12(14)10-22-11-19(17)18/h2-9H,10-11H2,1H3. The van der Waals surface area contributed by atoms with Crippen LogP contribution in [0.3, 0.4) is 0 Å². The summed E-state index contributed by atoms with van der Waals surface area (Å²) < 4.78 is 13.1. The van der Waals surface area contributed by atoms with Crippen LogP contribution in [0.2, 0.25) is 0 Å². The van der Waals surface area contributed by atoms with Crippen LogP contribution in [-0.2, 0) is 18.1 Å². The number of benzene rings is 2. The third-order valence-corrected chi connectivity index (χ3v) is 4.18. The fraction of sp³-hybridized carbons (Fsp3) is 0.167. The van der Waals surface area contributed by atoms with Gasteiger partial charge in [-0.05, 0) is 23.8 Å². The van der Waals surface area contributed by atoms with Gasteiger partial charge in [-0.2, -0.15) is 0 Å². The third-order valence-electron chi connectivity index (χ3n) is 4.18. The smallest absolute Gasteiger partial charge is 0.152 e. The van der Waals surface area contributed by atoms with E-state index in [0.29, 0.717) is 18.9 Å². The Kier molecular flexibility index (Phi) is 2.98. The second-order valence-corrected chi connectivity index (χ2v) is 5.33. The Morgan fingerprint density at radius 2 is 2.09 bits per heavy atom. The van der Waals surface area contributed by atoms with Crippen LogP contribution in [0.1, 0.15) is 15.9 Å². The van der Waals surface area contributed by atoms with Crippen LogP contribution in [0.15, 0.2) is 42.5 Å². The Morgan fingerprint density at radius 3 is 2.91 bits per heavy atom. The minimum Gasteiger partial charge on any atom is -0.497 e.